The van der Waals surface area contributed by atoms with E-state index in [2.05, 4.69) is 41.0 Å². The van der Waals surface area contributed by atoms with Gasteiger partial charge in [0.2, 0.25) is 0 Å². The molecule has 0 saturated carbocycles. The van der Waals surface area contributed by atoms with Gasteiger partial charge in [0, 0.05) is 5.56 Å². The molecule has 1 aliphatic heterocycles. The van der Waals surface area contributed by atoms with Crippen molar-refractivity contribution in [3.8, 4) is 0 Å². The van der Waals surface area contributed by atoms with Crippen molar-refractivity contribution in [2.45, 2.75) is 25.4 Å². The van der Waals surface area contributed by atoms with Crippen molar-refractivity contribution >= 4 is 32.6 Å². The average molecular weight is 386 g/mol. The largest absolute Gasteiger partial charge is 0.345 e. The van der Waals surface area contributed by atoms with Crippen LogP contribution in [-0.4, -0.2) is 5.91 Å². The van der Waals surface area contributed by atoms with Crippen LogP contribution in [0, 0.1) is 0 Å². The van der Waals surface area contributed by atoms with Crippen LogP contribution in [0.2, 0.25) is 0 Å². The summed E-state index contributed by atoms with van der Waals surface area (Å²) in [7, 11) is 0. The summed E-state index contributed by atoms with van der Waals surface area (Å²) in [5.74, 6) is -0.0398. The Hall–Kier alpha value is -2.98. The number of para-hydroxylation sites is 1. The molecule has 4 heteroatoms. The smallest absolute Gasteiger partial charge is 0.246 e. The number of amides is 1. The first-order valence-electron chi connectivity index (χ1n) is 9.58. The number of hydrogen-bond acceptors (Lipinski definition) is 2. The highest BCUT2D eigenvalue weighted by Crippen LogP contribution is 2.40. The van der Waals surface area contributed by atoms with E-state index < -0.39 is 0 Å². The number of hydrogen-bond donors (Lipinski definition) is 0. The molecule has 0 N–H and O–H groups in total. The minimum absolute atomic E-state index is 0.0238. The van der Waals surface area contributed by atoms with Crippen LogP contribution in [-0.2, 0) is 11.3 Å². The fourth-order valence-corrected chi connectivity index (χ4v) is 5.26. The zero-order chi connectivity index (χ0) is 19.1. The number of anilines is 1. The lowest BCUT2D eigenvalue weighted by atomic mass is 9.98. The molecule has 3 nitrogen and oxygen atoms in total. The summed E-state index contributed by atoms with van der Waals surface area (Å²) in [6.45, 7) is 2.80. The van der Waals surface area contributed by atoms with Gasteiger partial charge in [-0.15, -0.1) is 0 Å². The molecule has 2 atom stereocenters. The van der Waals surface area contributed by atoms with Crippen molar-refractivity contribution in [2.75, 3.05) is 4.90 Å². The Labute approximate surface area is 168 Å². The quantitative estimate of drug-likeness (QED) is 0.451. The molecular formula is C24H21N2OS+. The lowest BCUT2D eigenvalue weighted by molar-refractivity contribution is -0.644. The van der Waals surface area contributed by atoms with Crippen LogP contribution in [0.4, 0.5) is 5.13 Å². The predicted molar refractivity (Wildman–Crippen MR) is 114 cm³/mol. The maximum Gasteiger partial charge on any atom is 0.345 e. The van der Waals surface area contributed by atoms with Gasteiger partial charge in [-0.25, -0.2) is 9.36 Å². The highest BCUT2D eigenvalue weighted by molar-refractivity contribution is 7.21. The lowest BCUT2D eigenvalue weighted by Gasteiger charge is -2.20. The SMILES string of the molecule is CC(C(=O)N1c2sc3ccccc3[n+]2C[C@H]1c1ccccc1)c1ccccc1. The average Bonchev–Trinajstić information content (AvgIpc) is 3.30. The van der Waals surface area contributed by atoms with Crippen LogP contribution in [0.5, 0.6) is 0 Å². The zero-order valence-corrected chi connectivity index (χ0v) is 16.5. The second kappa shape index (κ2) is 6.88. The van der Waals surface area contributed by atoms with E-state index in [-0.39, 0.29) is 17.9 Å². The van der Waals surface area contributed by atoms with Gasteiger partial charge in [-0.1, -0.05) is 72.8 Å². The first-order valence-corrected chi connectivity index (χ1v) is 10.4. The molecule has 1 amide bonds. The highest BCUT2D eigenvalue weighted by Gasteiger charge is 2.47. The van der Waals surface area contributed by atoms with Crippen LogP contribution >= 0.6 is 11.3 Å². The first-order chi connectivity index (χ1) is 13.7. The van der Waals surface area contributed by atoms with E-state index in [9.17, 15) is 4.79 Å². The molecule has 0 radical (unpaired) electrons. The molecule has 0 aliphatic carbocycles. The van der Waals surface area contributed by atoms with Crippen LogP contribution in [0.1, 0.15) is 30.0 Å². The van der Waals surface area contributed by atoms with Gasteiger partial charge in [0.15, 0.2) is 6.04 Å². The molecule has 1 unspecified atom stereocenters. The predicted octanol–water partition coefficient (Wildman–Crippen LogP) is 5.08. The van der Waals surface area contributed by atoms with Crippen molar-refractivity contribution in [1.29, 1.82) is 0 Å². The molecule has 1 aromatic heterocycles. The zero-order valence-electron chi connectivity index (χ0n) is 15.7. The van der Waals surface area contributed by atoms with Gasteiger partial charge in [-0.05, 0) is 36.0 Å². The molecule has 2 heterocycles. The van der Waals surface area contributed by atoms with E-state index in [0.29, 0.717) is 0 Å². The highest BCUT2D eigenvalue weighted by atomic mass is 32.1. The summed E-state index contributed by atoms with van der Waals surface area (Å²) in [6, 6.07) is 28.8. The van der Waals surface area contributed by atoms with E-state index in [4.69, 9.17) is 0 Å². The Kier molecular flexibility index (Phi) is 4.21. The van der Waals surface area contributed by atoms with Crippen molar-refractivity contribution in [1.82, 2.24) is 0 Å². The second-order valence-corrected chi connectivity index (χ2v) is 8.24. The number of carbonyl (C=O) groups excluding carboxylic acids is 1. The summed E-state index contributed by atoms with van der Waals surface area (Å²) >= 11 is 1.70. The molecule has 1 aliphatic rings. The number of nitrogens with zero attached hydrogens (tertiary/aromatic N) is 2. The van der Waals surface area contributed by atoms with Crippen molar-refractivity contribution in [2.24, 2.45) is 0 Å². The topological polar surface area (TPSA) is 24.2 Å². The van der Waals surface area contributed by atoms with Crippen molar-refractivity contribution in [3.63, 3.8) is 0 Å². The lowest BCUT2D eigenvalue weighted by Crippen LogP contribution is -2.35. The standard InChI is InChI=1S/C24H21N2OS/c1-17(18-10-4-2-5-11-18)23(27)26-21(19-12-6-3-7-13-19)16-25-20-14-8-9-15-22(20)28-24(25)26/h2-15,17,21H,16H2,1H3/q+1/t17?,21-/m0/s1. The fraction of sp³-hybridized carbons (Fsp3) is 0.167. The summed E-state index contributed by atoms with van der Waals surface area (Å²) in [5, 5.41) is 1.03. The number of aromatic nitrogens is 1. The van der Waals surface area contributed by atoms with Crippen molar-refractivity contribution in [3.05, 3.63) is 96.1 Å². The van der Waals surface area contributed by atoms with Crippen LogP contribution < -0.4 is 9.47 Å². The normalized spacial score (nSPS) is 16.9. The Bertz CT molecular complexity index is 1140. The maximum absolute atomic E-state index is 13.7. The van der Waals surface area contributed by atoms with Gasteiger partial charge in [-0.2, -0.15) is 4.90 Å². The third-order valence-electron chi connectivity index (χ3n) is 5.55. The summed E-state index contributed by atoms with van der Waals surface area (Å²) < 4.78 is 3.52. The molecule has 4 aromatic rings. The number of fused-ring (bicyclic) bond motifs is 3. The molecule has 3 aromatic carbocycles. The number of rotatable bonds is 3. The van der Waals surface area contributed by atoms with Crippen LogP contribution in [0.15, 0.2) is 84.9 Å². The Balaban J connectivity index is 1.62. The van der Waals surface area contributed by atoms with Crippen molar-refractivity contribution < 1.29 is 9.36 Å². The third kappa shape index (κ3) is 2.72. The first kappa shape index (κ1) is 17.1. The monoisotopic (exact) mass is 385 g/mol. The summed E-state index contributed by atoms with van der Waals surface area (Å²) in [6.07, 6.45) is 0. The molecule has 0 fully saturated rings. The maximum atomic E-state index is 13.7. The van der Waals surface area contributed by atoms with Gasteiger partial charge in [-0.3, -0.25) is 0 Å². The minimum atomic E-state index is -0.191. The van der Waals surface area contributed by atoms with Gasteiger partial charge < -0.3 is 0 Å². The molecule has 0 bridgehead atoms. The summed E-state index contributed by atoms with van der Waals surface area (Å²) in [4.78, 5) is 15.7. The Morgan fingerprint density at radius 2 is 1.61 bits per heavy atom. The van der Waals surface area contributed by atoms with Gasteiger partial charge >= 0.3 is 11.0 Å². The number of carbonyl (C=O) groups is 1. The van der Waals surface area contributed by atoms with E-state index in [1.165, 1.54) is 15.8 Å². The fourth-order valence-electron chi connectivity index (χ4n) is 4.04. The van der Waals surface area contributed by atoms with E-state index in [1.54, 1.807) is 11.3 Å². The van der Waals surface area contributed by atoms with Crippen LogP contribution in [0.3, 0.4) is 0 Å². The van der Waals surface area contributed by atoms with E-state index in [0.717, 1.165) is 17.2 Å². The molecule has 0 saturated heterocycles. The van der Waals surface area contributed by atoms with Gasteiger partial charge in [0.1, 0.15) is 12.1 Å². The van der Waals surface area contributed by atoms with Gasteiger partial charge in [0.05, 0.1) is 10.6 Å². The second-order valence-electron chi connectivity index (χ2n) is 7.23. The van der Waals surface area contributed by atoms with E-state index >= 15 is 0 Å². The summed E-state index contributed by atoms with van der Waals surface area (Å²) in [5.41, 5.74) is 3.43. The molecule has 5 rings (SSSR count). The number of thiazole rings is 1. The molecule has 28 heavy (non-hydrogen) atoms. The van der Waals surface area contributed by atoms with E-state index in [1.807, 2.05) is 60.4 Å². The minimum Gasteiger partial charge on any atom is -0.246 e. The number of benzene rings is 3. The Morgan fingerprint density at radius 1 is 0.964 bits per heavy atom. The molecular weight excluding hydrogens is 364 g/mol. The van der Waals surface area contributed by atoms with Crippen LogP contribution in [0.25, 0.3) is 10.2 Å². The Morgan fingerprint density at radius 3 is 2.36 bits per heavy atom. The molecule has 138 valence electrons. The van der Waals surface area contributed by atoms with Gasteiger partial charge in [0.25, 0.3) is 0 Å². The molecule has 0 spiro atoms. The third-order valence-corrected chi connectivity index (χ3v) is 6.72.